The first-order chi connectivity index (χ1) is 12.2. The predicted molar refractivity (Wildman–Crippen MR) is 109 cm³/mol. The Morgan fingerprint density at radius 1 is 0.923 bits per heavy atom. The maximum absolute atomic E-state index is 12.5. The Morgan fingerprint density at radius 2 is 1.54 bits per heavy atom. The maximum atomic E-state index is 12.5. The summed E-state index contributed by atoms with van der Waals surface area (Å²) >= 11 is 5.22. The molecule has 2 rings (SSSR count). The van der Waals surface area contributed by atoms with Gasteiger partial charge in [0.2, 0.25) is 0 Å². The molecule has 0 aliphatic carbocycles. The lowest BCUT2D eigenvalue weighted by Gasteiger charge is -2.21. The molecule has 0 aromatic heterocycles. The molecule has 0 aliphatic heterocycles. The molecular weight excluding hydrogens is 346 g/mol. The average Bonchev–Trinajstić information content (AvgIpc) is 2.54. The van der Waals surface area contributed by atoms with Gasteiger partial charge in [-0.3, -0.25) is 14.9 Å². The summed E-state index contributed by atoms with van der Waals surface area (Å²) in [5.41, 5.74) is 2.21. The number of nitrogens with one attached hydrogen (secondary N) is 3. The van der Waals surface area contributed by atoms with Gasteiger partial charge >= 0.3 is 0 Å². The third-order valence-electron chi connectivity index (χ3n) is 3.45. The molecule has 0 spiro atoms. The number of rotatable bonds is 3. The average molecular weight is 369 g/mol. The fourth-order valence-corrected chi connectivity index (χ4v) is 2.43. The SMILES string of the molecule is Cc1ccc(C(=O)NC(=S)Nc2ccccc2C(=O)NC(C)(C)C)cc1. The van der Waals surface area contributed by atoms with Gasteiger partial charge in [0.05, 0.1) is 11.3 Å². The minimum Gasteiger partial charge on any atom is -0.347 e. The third kappa shape index (κ3) is 5.67. The molecular formula is C20H23N3O2S. The van der Waals surface area contributed by atoms with Crippen LogP contribution in [-0.4, -0.2) is 22.5 Å². The highest BCUT2D eigenvalue weighted by atomic mass is 32.1. The molecule has 0 saturated carbocycles. The first kappa shape index (κ1) is 19.6. The van der Waals surface area contributed by atoms with E-state index < -0.39 is 0 Å². The van der Waals surface area contributed by atoms with E-state index in [2.05, 4.69) is 16.0 Å². The first-order valence-electron chi connectivity index (χ1n) is 8.26. The van der Waals surface area contributed by atoms with Gasteiger partial charge in [0, 0.05) is 11.1 Å². The molecule has 0 atom stereocenters. The zero-order valence-electron chi connectivity index (χ0n) is 15.3. The Balaban J connectivity index is 2.08. The van der Waals surface area contributed by atoms with Gasteiger partial charge in [0.25, 0.3) is 11.8 Å². The molecule has 6 heteroatoms. The third-order valence-corrected chi connectivity index (χ3v) is 3.65. The van der Waals surface area contributed by atoms with E-state index in [1.165, 1.54) is 0 Å². The standard InChI is InChI=1S/C20H23N3O2S/c1-13-9-11-14(12-10-13)17(24)22-19(26)21-16-8-6-5-7-15(16)18(25)23-20(2,3)4/h5-12H,1-4H3,(H,23,25)(H2,21,22,24,26). The highest BCUT2D eigenvalue weighted by Crippen LogP contribution is 2.16. The minimum absolute atomic E-state index is 0.131. The highest BCUT2D eigenvalue weighted by molar-refractivity contribution is 7.80. The molecule has 0 bridgehead atoms. The van der Waals surface area contributed by atoms with E-state index in [9.17, 15) is 9.59 Å². The van der Waals surface area contributed by atoms with Gasteiger partial charge in [0.1, 0.15) is 0 Å². The van der Waals surface area contributed by atoms with Crippen LogP contribution in [0.4, 0.5) is 5.69 Å². The van der Waals surface area contributed by atoms with Crippen LogP contribution in [0.5, 0.6) is 0 Å². The number of hydrogen-bond acceptors (Lipinski definition) is 3. The zero-order chi connectivity index (χ0) is 19.3. The van der Waals surface area contributed by atoms with E-state index >= 15 is 0 Å². The molecule has 2 aromatic rings. The summed E-state index contributed by atoms with van der Waals surface area (Å²) < 4.78 is 0. The lowest BCUT2D eigenvalue weighted by molar-refractivity contribution is 0.0919. The molecule has 0 saturated heterocycles. The van der Waals surface area contributed by atoms with Crippen molar-refractivity contribution in [3.63, 3.8) is 0 Å². The summed E-state index contributed by atoms with van der Waals surface area (Å²) in [5, 5.41) is 8.60. The van der Waals surface area contributed by atoms with Crippen molar-refractivity contribution in [2.24, 2.45) is 0 Å². The van der Waals surface area contributed by atoms with Gasteiger partial charge in [-0.25, -0.2) is 0 Å². The van der Waals surface area contributed by atoms with Gasteiger partial charge < -0.3 is 10.6 Å². The molecule has 0 aliphatic rings. The van der Waals surface area contributed by atoms with Gasteiger partial charge in [-0.05, 0) is 64.2 Å². The summed E-state index contributed by atoms with van der Waals surface area (Å²) in [7, 11) is 0. The summed E-state index contributed by atoms with van der Waals surface area (Å²) in [6.45, 7) is 7.68. The van der Waals surface area contributed by atoms with Crippen molar-refractivity contribution in [1.82, 2.24) is 10.6 Å². The van der Waals surface area contributed by atoms with Gasteiger partial charge in [-0.15, -0.1) is 0 Å². The van der Waals surface area contributed by atoms with Gasteiger partial charge in [-0.1, -0.05) is 29.8 Å². The Morgan fingerprint density at radius 3 is 2.15 bits per heavy atom. The number of thiocarbonyl (C=S) groups is 1. The maximum Gasteiger partial charge on any atom is 0.257 e. The Hall–Kier alpha value is -2.73. The lowest BCUT2D eigenvalue weighted by Crippen LogP contribution is -2.41. The molecule has 0 unspecified atom stereocenters. The van der Waals surface area contributed by atoms with E-state index in [-0.39, 0.29) is 22.5 Å². The summed E-state index contributed by atoms with van der Waals surface area (Å²) in [6.07, 6.45) is 0. The van der Waals surface area contributed by atoms with Crippen molar-refractivity contribution < 1.29 is 9.59 Å². The molecule has 0 fully saturated rings. The topological polar surface area (TPSA) is 70.2 Å². The van der Waals surface area contributed by atoms with Crippen molar-refractivity contribution in [3.8, 4) is 0 Å². The van der Waals surface area contributed by atoms with Crippen LogP contribution in [0.1, 0.15) is 47.1 Å². The number of benzene rings is 2. The van der Waals surface area contributed by atoms with Crippen LogP contribution in [0.3, 0.4) is 0 Å². The smallest absolute Gasteiger partial charge is 0.257 e. The van der Waals surface area contributed by atoms with Gasteiger partial charge in [0.15, 0.2) is 5.11 Å². The van der Waals surface area contributed by atoms with Crippen LogP contribution < -0.4 is 16.0 Å². The molecule has 136 valence electrons. The number of aryl methyl sites for hydroxylation is 1. The van der Waals surface area contributed by atoms with E-state index in [0.29, 0.717) is 16.8 Å². The van der Waals surface area contributed by atoms with Crippen LogP contribution in [0.15, 0.2) is 48.5 Å². The predicted octanol–water partition coefficient (Wildman–Crippen LogP) is 3.65. The molecule has 2 amide bonds. The molecule has 0 heterocycles. The molecule has 26 heavy (non-hydrogen) atoms. The highest BCUT2D eigenvalue weighted by Gasteiger charge is 2.18. The van der Waals surface area contributed by atoms with Crippen LogP contribution in [0.2, 0.25) is 0 Å². The Labute approximate surface area is 159 Å². The minimum atomic E-state index is -0.357. The normalized spacial score (nSPS) is 10.8. The van der Waals surface area contributed by atoms with Crippen LogP contribution in [-0.2, 0) is 0 Å². The lowest BCUT2D eigenvalue weighted by atomic mass is 10.1. The second kappa shape index (κ2) is 8.10. The monoisotopic (exact) mass is 369 g/mol. The number of carbonyl (C=O) groups excluding carboxylic acids is 2. The van der Waals surface area contributed by atoms with Crippen LogP contribution in [0.25, 0.3) is 0 Å². The molecule has 3 N–H and O–H groups in total. The first-order valence-corrected chi connectivity index (χ1v) is 8.67. The van der Waals surface area contributed by atoms with E-state index in [1.807, 2.05) is 39.8 Å². The fraction of sp³-hybridized carbons (Fsp3) is 0.250. The number of anilines is 1. The van der Waals surface area contributed by atoms with Crippen LogP contribution in [0, 0.1) is 6.92 Å². The molecule has 5 nitrogen and oxygen atoms in total. The second-order valence-electron chi connectivity index (χ2n) is 7.02. The zero-order valence-corrected chi connectivity index (χ0v) is 16.2. The van der Waals surface area contributed by atoms with Crippen molar-refractivity contribution in [2.45, 2.75) is 33.2 Å². The second-order valence-corrected chi connectivity index (χ2v) is 7.43. The van der Waals surface area contributed by atoms with E-state index in [4.69, 9.17) is 12.2 Å². The Kier molecular flexibility index (Phi) is 6.10. The van der Waals surface area contributed by atoms with E-state index in [1.54, 1.807) is 36.4 Å². The van der Waals surface area contributed by atoms with E-state index in [0.717, 1.165) is 5.56 Å². The van der Waals surface area contributed by atoms with Crippen LogP contribution >= 0.6 is 12.2 Å². The Bertz CT molecular complexity index is 824. The quantitative estimate of drug-likeness (QED) is 0.722. The summed E-state index contributed by atoms with van der Waals surface area (Å²) in [5.74, 6) is -0.521. The van der Waals surface area contributed by atoms with Crippen molar-refractivity contribution >= 4 is 34.8 Å². The number of hydrogen-bond donors (Lipinski definition) is 3. The summed E-state index contributed by atoms with van der Waals surface area (Å²) in [6, 6.07) is 14.2. The van der Waals surface area contributed by atoms with Crippen molar-refractivity contribution in [2.75, 3.05) is 5.32 Å². The van der Waals surface area contributed by atoms with Crippen molar-refractivity contribution in [3.05, 3.63) is 65.2 Å². The largest absolute Gasteiger partial charge is 0.347 e. The number of carbonyl (C=O) groups is 2. The van der Waals surface area contributed by atoms with Gasteiger partial charge in [-0.2, -0.15) is 0 Å². The summed E-state index contributed by atoms with van der Waals surface area (Å²) in [4.78, 5) is 24.7. The molecule has 2 aromatic carbocycles. The number of amides is 2. The fourth-order valence-electron chi connectivity index (χ4n) is 2.23. The van der Waals surface area contributed by atoms with Crippen molar-refractivity contribution in [1.29, 1.82) is 0 Å². The molecule has 0 radical (unpaired) electrons. The number of para-hydroxylation sites is 1.